The van der Waals surface area contributed by atoms with Crippen LogP contribution in [0.5, 0.6) is 11.5 Å². The molecule has 2 N–H and O–H groups in total. The van der Waals surface area contributed by atoms with Crippen LogP contribution in [-0.4, -0.2) is 57.7 Å². The molecule has 0 spiro atoms. The van der Waals surface area contributed by atoms with Crippen molar-refractivity contribution in [3.05, 3.63) is 102 Å². The molecule has 3 aromatic carbocycles. The lowest BCUT2D eigenvalue weighted by atomic mass is 10.0. The topological polar surface area (TPSA) is 112 Å². The second-order valence-electron chi connectivity index (χ2n) is 16.1. The summed E-state index contributed by atoms with van der Waals surface area (Å²) < 4.78 is 23.5. The highest BCUT2D eigenvalue weighted by atomic mass is 28.4. The van der Waals surface area contributed by atoms with Crippen molar-refractivity contribution < 1.29 is 33.0 Å². The van der Waals surface area contributed by atoms with Crippen molar-refractivity contribution in [2.75, 3.05) is 19.8 Å². The van der Waals surface area contributed by atoms with E-state index in [0.29, 0.717) is 31.9 Å². The van der Waals surface area contributed by atoms with Gasteiger partial charge in [0, 0.05) is 24.9 Å². The van der Waals surface area contributed by atoms with Gasteiger partial charge in [-0.3, -0.25) is 4.79 Å². The maximum absolute atomic E-state index is 13.7. The van der Waals surface area contributed by atoms with E-state index in [0.717, 1.165) is 48.1 Å². The van der Waals surface area contributed by atoms with Crippen molar-refractivity contribution in [1.29, 1.82) is 0 Å². The van der Waals surface area contributed by atoms with Crippen LogP contribution in [0.3, 0.4) is 0 Å². The normalized spacial score (nSPS) is 12.6. The zero-order valence-corrected chi connectivity index (χ0v) is 34.7. The van der Waals surface area contributed by atoms with Crippen LogP contribution in [0.4, 0.5) is 4.79 Å². The fourth-order valence-corrected chi connectivity index (χ4v) is 6.08. The predicted octanol–water partition coefficient (Wildman–Crippen LogP) is 9.45. The zero-order chi connectivity index (χ0) is 39.6. The number of ether oxygens (including phenoxy) is 3. The Kier molecular flexibility index (Phi) is 17.5. The van der Waals surface area contributed by atoms with Crippen molar-refractivity contribution in [3.63, 3.8) is 0 Å². The lowest BCUT2D eigenvalue weighted by Gasteiger charge is -2.35. The van der Waals surface area contributed by atoms with Crippen LogP contribution in [0.25, 0.3) is 6.08 Å². The Morgan fingerprint density at radius 2 is 1.46 bits per heavy atom. The summed E-state index contributed by atoms with van der Waals surface area (Å²) in [6.45, 7) is 18.2. The molecule has 1 atom stereocenters. The van der Waals surface area contributed by atoms with Crippen molar-refractivity contribution in [2.24, 2.45) is 0 Å². The second kappa shape index (κ2) is 21.5. The molecule has 0 unspecified atom stereocenters. The maximum Gasteiger partial charge on any atom is 0.407 e. The summed E-state index contributed by atoms with van der Waals surface area (Å²) >= 11 is 0. The Morgan fingerprint density at radius 3 is 2.15 bits per heavy atom. The zero-order valence-electron chi connectivity index (χ0n) is 33.7. The largest absolute Gasteiger partial charge is 0.494 e. The molecule has 0 aliphatic rings. The third-order valence-electron chi connectivity index (χ3n) is 9.25. The van der Waals surface area contributed by atoms with Crippen LogP contribution < -0.4 is 20.1 Å². The smallest absolute Gasteiger partial charge is 0.407 e. The standard InChI is InChI=1S/C44H62N2O7Si/c1-43(2,3)53-42(49)45-30-16-9-10-17-31-50-37-27-24-35(25-28-37)33-38(46-40(47)29-26-34-19-12-11-13-20-34)41(48)52-39-23-15-14-21-36(39)22-18-32-51-54(7,8)44(4,5)6/h11-15,18-25,27-28,38H,9-10,16-17,26,29-33H2,1-8H3,(H,45,49)(H,46,47)/b22-18-/t38-/m0/s1. The van der Waals surface area contributed by atoms with Crippen LogP contribution >= 0.6 is 0 Å². The summed E-state index contributed by atoms with van der Waals surface area (Å²) in [4.78, 5) is 38.7. The Bertz CT molecular complexity index is 1630. The van der Waals surface area contributed by atoms with Crippen LogP contribution in [0.1, 0.15) is 90.3 Å². The van der Waals surface area contributed by atoms with Crippen molar-refractivity contribution in [2.45, 2.75) is 116 Å². The molecule has 0 radical (unpaired) electrons. The van der Waals surface area contributed by atoms with E-state index in [1.807, 2.05) is 106 Å². The molecule has 10 heteroatoms. The number of nitrogens with one attached hydrogen (secondary N) is 2. The first-order valence-corrected chi connectivity index (χ1v) is 22.1. The molecule has 54 heavy (non-hydrogen) atoms. The molecule has 2 amide bonds. The molecule has 294 valence electrons. The highest BCUT2D eigenvalue weighted by Gasteiger charge is 2.36. The molecule has 0 saturated carbocycles. The van der Waals surface area contributed by atoms with E-state index in [9.17, 15) is 14.4 Å². The van der Waals surface area contributed by atoms with Crippen molar-refractivity contribution in [3.8, 4) is 11.5 Å². The van der Waals surface area contributed by atoms with E-state index in [4.69, 9.17) is 18.6 Å². The number of alkyl carbamates (subject to hydrolysis) is 1. The summed E-state index contributed by atoms with van der Waals surface area (Å²) in [5.74, 6) is 0.382. The van der Waals surface area contributed by atoms with Crippen molar-refractivity contribution >= 4 is 32.4 Å². The number of carbonyl (C=O) groups is 3. The molecule has 3 aromatic rings. The first-order valence-electron chi connectivity index (χ1n) is 19.2. The third-order valence-corrected chi connectivity index (χ3v) is 13.7. The van der Waals surface area contributed by atoms with Gasteiger partial charge in [0.2, 0.25) is 5.91 Å². The number of hydrogen-bond acceptors (Lipinski definition) is 7. The minimum Gasteiger partial charge on any atom is -0.494 e. The number of unbranched alkanes of at least 4 members (excludes halogenated alkanes) is 3. The van der Waals surface area contributed by atoms with E-state index in [-0.39, 0.29) is 29.9 Å². The summed E-state index contributed by atoms with van der Waals surface area (Å²) in [5, 5.41) is 5.83. The lowest BCUT2D eigenvalue weighted by molar-refractivity contribution is -0.139. The lowest BCUT2D eigenvalue weighted by Crippen LogP contribution is -2.44. The molecule has 0 aliphatic carbocycles. The van der Waals surface area contributed by atoms with Crippen LogP contribution in [0, 0.1) is 0 Å². The second-order valence-corrected chi connectivity index (χ2v) is 20.9. The number of esters is 1. The number of benzene rings is 3. The number of aryl methyl sites for hydroxylation is 1. The summed E-state index contributed by atoms with van der Waals surface area (Å²) in [5.41, 5.74) is 2.16. The number of carbonyl (C=O) groups excluding carboxylic acids is 3. The van der Waals surface area contributed by atoms with Gasteiger partial charge in [0.05, 0.1) is 13.2 Å². The predicted molar refractivity (Wildman–Crippen MR) is 219 cm³/mol. The van der Waals surface area contributed by atoms with E-state index in [1.54, 1.807) is 6.07 Å². The average Bonchev–Trinajstić information content (AvgIpc) is 3.10. The first-order chi connectivity index (χ1) is 25.5. The fraction of sp³-hybridized carbons (Fsp3) is 0.477. The Hall–Kier alpha value is -4.41. The van der Waals surface area contributed by atoms with Gasteiger partial charge in [-0.1, -0.05) is 106 Å². The Labute approximate surface area is 324 Å². The Balaban J connectivity index is 1.58. The molecule has 0 bridgehead atoms. The monoisotopic (exact) mass is 758 g/mol. The molecule has 0 heterocycles. The quantitative estimate of drug-likeness (QED) is 0.0511. The first kappa shape index (κ1) is 44.0. The van der Waals surface area contributed by atoms with E-state index >= 15 is 0 Å². The van der Waals surface area contributed by atoms with Crippen LogP contribution in [0.2, 0.25) is 18.1 Å². The molecule has 0 fully saturated rings. The number of rotatable bonds is 20. The SMILES string of the molecule is CC(C)(C)OC(=O)NCCCCCCOc1ccc(C[C@H](NC(=O)CCc2ccccc2)C(=O)Oc2ccccc2/C=C\CO[Si](C)(C)C(C)(C)C)cc1. The van der Waals surface area contributed by atoms with Gasteiger partial charge in [0.15, 0.2) is 8.32 Å². The highest BCUT2D eigenvalue weighted by molar-refractivity contribution is 6.74. The van der Waals surface area contributed by atoms with E-state index < -0.39 is 25.9 Å². The average molecular weight is 759 g/mol. The van der Waals surface area contributed by atoms with Gasteiger partial charge in [-0.05, 0) is 87.5 Å². The van der Waals surface area contributed by atoms with Gasteiger partial charge in [0.1, 0.15) is 23.1 Å². The molecular formula is C44H62N2O7Si. The Morgan fingerprint density at radius 1 is 0.796 bits per heavy atom. The number of amides is 2. The van der Waals surface area contributed by atoms with Crippen LogP contribution in [-0.2, 0) is 31.6 Å². The minimum atomic E-state index is -1.90. The highest BCUT2D eigenvalue weighted by Crippen LogP contribution is 2.36. The molecule has 0 saturated heterocycles. The van der Waals surface area contributed by atoms with E-state index in [1.165, 1.54) is 0 Å². The van der Waals surface area contributed by atoms with Crippen LogP contribution in [0.15, 0.2) is 84.9 Å². The molecular weight excluding hydrogens is 697 g/mol. The van der Waals surface area contributed by atoms with Gasteiger partial charge in [-0.25, -0.2) is 9.59 Å². The van der Waals surface area contributed by atoms with Gasteiger partial charge < -0.3 is 29.3 Å². The van der Waals surface area contributed by atoms with Crippen molar-refractivity contribution in [1.82, 2.24) is 10.6 Å². The summed E-state index contributed by atoms with van der Waals surface area (Å²) in [6, 6.07) is 23.8. The summed E-state index contributed by atoms with van der Waals surface area (Å²) in [6.07, 6.45) is 8.24. The summed E-state index contributed by atoms with van der Waals surface area (Å²) in [7, 11) is -1.90. The molecule has 3 rings (SSSR count). The van der Waals surface area contributed by atoms with Gasteiger partial charge in [0.25, 0.3) is 0 Å². The van der Waals surface area contributed by atoms with Gasteiger partial charge in [-0.2, -0.15) is 0 Å². The fourth-order valence-electron chi connectivity index (χ4n) is 5.13. The molecule has 9 nitrogen and oxygen atoms in total. The minimum absolute atomic E-state index is 0.105. The number of hydrogen-bond donors (Lipinski definition) is 2. The number of para-hydroxylation sites is 1. The van der Waals surface area contributed by atoms with Gasteiger partial charge in [-0.15, -0.1) is 0 Å². The third kappa shape index (κ3) is 16.7. The van der Waals surface area contributed by atoms with E-state index in [2.05, 4.69) is 44.5 Å². The van der Waals surface area contributed by atoms with Gasteiger partial charge >= 0.3 is 12.1 Å². The molecule has 0 aromatic heterocycles. The maximum atomic E-state index is 13.7. The molecule has 0 aliphatic heterocycles.